The highest BCUT2D eigenvalue weighted by molar-refractivity contribution is 6.54. The smallest absolute Gasteiger partial charge is 0.490 e. The minimum absolute atomic E-state index is 0.460. The van der Waals surface area contributed by atoms with Crippen molar-refractivity contribution in [1.82, 2.24) is 0 Å². The van der Waals surface area contributed by atoms with Crippen LogP contribution in [0, 0.1) is 0 Å². The first-order valence-corrected chi connectivity index (χ1v) is 7.91. The molecule has 2 aliphatic rings. The fraction of sp³-hybridized carbons (Fsp3) is 0.529. The topological polar surface area (TPSA) is 36.9 Å². The molecule has 0 radical (unpaired) electrons. The SMILES string of the molecule is CC1(C)OB(C(F)=Cc2ccc3c(c2)OCCCO3)OC1(C)C. The van der Waals surface area contributed by atoms with E-state index in [1.807, 2.05) is 27.7 Å². The molecule has 0 atom stereocenters. The number of rotatable bonds is 2. The molecule has 1 fully saturated rings. The molecule has 23 heavy (non-hydrogen) atoms. The first-order valence-electron chi connectivity index (χ1n) is 7.91. The molecule has 124 valence electrons. The molecule has 0 aromatic heterocycles. The van der Waals surface area contributed by atoms with Gasteiger partial charge in [-0.2, -0.15) is 0 Å². The third-order valence-electron chi connectivity index (χ3n) is 4.55. The Labute approximate surface area is 136 Å². The summed E-state index contributed by atoms with van der Waals surface area (Å²) in [6.07, 6.45) is 2.25. The zero-order chi connectivity index (χ0) is 16.7. The summed E-state index contributed by atoms with van der Waals surface area (Å²) in [4.78, 5) is 0. The lowest BCUT2D eigenvalue weighted by molar-refractivity contribution is 0.00578. The van der Waals surface area contributed by atoms with E-state index in [1.165, 1.54) is 6.08 Å². The van der Waals surface area contributed by atoms with Crippen molar-refractivity contribution in [2.24, 2.45) is 0 Å². The van der Waals surface area contributed by atoms with Crippen molar-refractivity contribution in [1.29, 1.82) is 0 Å². The quantitative estimate of drug-likeness (QED) is 0.777. The van der Waals surface area contributed by atoms with Gasteiger partial charge in [-0.15, -0.1) is 0 Å². The normalized spacial score (nSPS) is 22.8. The van der Waals surface area contributed by atoms with Crippen LogP contribution in [0.2, 0.25) is 0 Å². The number of benzene rings is 1. The molecule has 1 saturated heterocycles. The number of hydrogen-bond donors (Lipinski definition) is 0. The molecule has 0 spiro atoms. The van der Waals surface area contributed by atoms with E-state index in [9.17, 15) is 4.39 Å². The maximum Gasteiger partial charge on any atom is 0.525 e. The molecule has 0 unspecified atom stereocenters. The summed E-state index contributed by atoms with van der Waals surface area (Å²) in [5.74, 6) is 1.33. The van der Waals surface area contributed by atoms with Gasteiger partial charge in [-0.1, -0.05) is 6.07 Å². The van der Waals surface area contributed by atoms with Crippen LogP contribution in [0.15, 0.2) is 23.9 Å². The van der Waals surface area contributed by atoms with Gasteiger partial charge in [0.1, 0.15) is 5.73 Å². The van der Waals surface area contributed by atoms with E-state index >= 15 is 0 Å². The van der Waals surface area contributed by atoms with Gasteiger partial charge in [0.25, 0.3) is 0 Å². The Kier molecular flexibility index (Phi) is 4.15. The summed E-state index contributed by atoms with van der Waals surface area (Å²) in [6.45, 7) is 8.81. The van der Waals surface area contributed by atoms with Crippen LogP contribution in [0.4, 0.5) is 4.39 Å². The lowest BCUT2D eigenvalue weighted by atomic mass is 9.87. The van der Waals surface area contributed by atoms with Gasteiger partial charge >= 0.3 is 7.12 Å². The largest absolute Gasteiger partial charge is 0.525 e. The molecule has 2 heterocycles. The molecule has 0 bridgehead atoms. The highest BCUT2D eigenvalue weighted by atomic mass is 19.1. The molecule has 0 aliphatic carbocycles. The van der Waals surface area contributed by atoms with Crippen LogP contribution in [0.3, 0.4) is 0 Å². The van der Waals surface area contributed by atoms with Gasteiger partial charge < -0.3 is 18.8 Å². The Bertz CT molecular complexity index is 611. The van der Waals surface area contributed by atoms with Crippen molar-refractivity contribution >= 4 is 13.2 Å². The van der Waals surface area contributed by atoms with Gasteiger partial charge in [0.2, 0.25) is 0 Å². The second-order valence-electron chi connectivity index (χ2n) is 6.87. The number of fused-ring (bicyclic) bond motifs is 1. The predicted molar refractivity (Wildman–Crippen MR) is 87.2 cm³/mol. The fourth-order valence-corrected chi connectivity index (χ4v) is 2.45. The Morgan fingerprint density at radius 1 is 1.04 bits per heavy atom. The van der Waals surface area contributed by atoms with E-state index in [2.05, 4.69) is 0 Å². The number of hydrogen-bond acceptors (Lipinski definition) is 4. The van der Waals surface area contributed by atoms with Crippen LogP contribution in [0.5, 0.6) is 11.5 Å². The van der Waals surface area contributed by atoms with E-state index in [4.69, 9.17) is 18.8 Å². The van der Waals surface area contributed by atoms with Crippen molar-refractivity contribution in [2.45, 2.75) is 45.3 Å². The highest BCUT2D eigenvalue weighted by Gasteiger charge is 2.53. The lowest BCUT2D eigenvalue weighted by Gasteiger charge is -2.32. The van der Waals surface area contributed by atoms with Crippen molar-refractivity contribution < 1.29 is 23.2 Å². The molecule has 3 rings (SSSR count). The molecule has 1 aromatic carbocycles. The summed E-state index contributed by atoms with van der Waals surface area (Å²) < 4.78 is 37.1. The zero-order valence-corrected chi connectivity index (χ0v) is 14.0. The maximum absolute atomic E-state index is 14.5. The minimum atomic E-state index is -0.990. The third kappa shape index (κ3) is 3.24. The minimum Gasteiger partial charge on any atom is -0.490 e. The second kappa shape index (κ2) is 5.84. The standard InChI is InChI=1S/C17H22BFO4/c1-16(2)17(3,4)23-18(22-16)15(19)11-12-6-7-13-14(10-12)21-9-5-8-20-13/h6-7,10-11H,5,8-9H2,1-4H3. The monoisotopic (exact) mass is 320 g/mol. The summed E-state index contributed by atoms with van der Waals surface area (Å²) in [5.41, 5.74) is -0.902. The Morgan fingerprint density at radius 3 is 2.30 bits per heavy atom. The molecule has 0 saturated carbocycles. The van der Waals surface area contributed by atoms with E-state index in [-0.39, 0.29) is 0 Å². The van der Waals surface area contributed by atoms with Crippen LogP contribution in [-0.4, -0.2) is 31.5 Å². The summed E-state index contributed by atoms with van der Waals surface area (Å²) >= 11 is 0. The van der Waals surface area contributed by atoms with Gasteiger partial charge in [0, 0.05) is 6.42 Å². The second-order valence-corrected chi connectivity index (χ2v) is 6.87. The molecule has 6 heteroatoms. The molecule has 0 N–H and O–H groups in total. The van der Waals surface area contributed by atoms with Crippen LogP contribution < -0.4 is 9.47 Å². The summed E-state index contributed by atoms with van der Waals surface area (Å²) in [6, 6.07) is 5.35. The van der Waals surface area contributed by atoms with E-state index < -0.39 is 24.0 Å². The van der Waals surface area contributed by atoms with Crippen molar-refractivity contribution in [3.8, 4) is 11.5 Å². The first-order chi connectivity index (χ1) is 10.8. The van der Waals surface area contributed by atoms with Crippen molar-refractivity contribution in [3.05, 3.63) is 29.5 Å². The molecular formula is C17H22BFO4. The summed E-state index contributed by atoms with van der Waals surface area (Å²) in [5, 5.41) is 0. The zero-order valence-electron chi connectivity index (χ0n) is 14.0. The lowest BCUT2D eigenvalue weighted by Crippen LogP contribution is -2.41. The third-order valence-corrected chi connectivity index (χ3v) is 4.55. The molecule has 1 aromatic rings. The molecule has 0 amide bonds. The average Bonchev–Trinajstić information content (AvgIpc) is 2.64. The van der Waals surface area contributed by atoms with Gasteiger partial charge in [-0.25, -0.2) is 4.39 Å². The van der Waals surface area contributed by atoms with Crippen LogP contribution in [0.1, 0.15) is 39.7 Å². The number of halogens is 1. The highest BCUT2D eigenvalue weighted by Crippen LogP contribution is 2.39. The van der Waals surface area contributed by atoms with Crippen molar-refractivity contribution in [2.75, 3.05) is 13.2 Å². The average molecular weight is 320 g/mol. The van der Waals surface area contributed by atoms with Crippen LogP contribution >= 0.6 is 0 Å². The van der Waals surface area contributed by atoms with Crippen molar-refractivity contribution in [3.63, 3.8) is 0 Å². The predicted octanol–water partition coefficient (Wildman–Crippen LogP) is 3.79. The van der Waals surface area contributed by atoms with Crippen LogP contribution in [0.25, 0.3) is 6.08 Å². The van der Waals surface area contributed by atoms with Gasteiger partial charge in [0.05, 0.1) is 24.4 Å². The maximum atomic E-state index is 14.5. The van der Waals surface area contributed by atoms with Crippen LogP contribution in [-0.2, 0) is 9.31 Å². The molecule has 2 aliphatic heterocycles. The fourth-order valence-electron chi connectivity index (χ4n) is 2.45. The van der Waals surface area contributed by atoms with E-state index in [1.54, 1.807) is 18.2 Å². The van der Waals surface area contributed by atoms with Gasteiger partial charge in [-0.3, -0.25) is 0 Å². The van der Waals surface area contributed by atoms with Gasteiger partial charge in [-0.05, 0) is 51.5 Å². The Balaban J connectivity index is 1.81. The first kappa shape index (κ1) is 16.3. The van der Waals surface area contributed by atoms with E-state index in [0.717, 1.165) is 6.42 Å². The van der Waals surface area contributed by atoms with Gasteiger partial charge in [0.15, 0.2) is 11.5 Å². The number of ether oxygens (including phenoxy) is 2. The molecule has 4 nitrogen and oxygen atoms in total. The molecular weight excluding hydrogens is 298 g/mol. The van der Waals surface area contributed by atoms with E-state index in [0.29, 0.717) is 30.3 Å². The Hall–Kier alpha value is -1.53. The Morgan fingerprint density at radius 2 is 1.65 bits per heavy atom. The summed E-state index contributed by atoms with van der Waals surface area (Å²) in [7, 11) is -0.990.